The van der Waals surface area contributed by atoms with Crippen molar-refractivity contribution in [2.24, 2.45) is 29.6 Å². The van der Waals surface area contributed by atoms with Gasteiger partial charge in [0.2, 0.25) is 0 Å². The zero-order valence-electron chi connectivity index (χ0n) is 28.1. The van der Waals surface area contributed by atoms with Crippen LogP contribution in [0.5, 0.6) is 5.75 Å². The molecule has 2 unspecified atom stereocenters. The SMILES string of the molecule is CC1C=CC2=C(C1)Oc1ccccc1C21c2ccccc2-c2ccc(-c3cccc4c3-c3ccccc3C43C4CC5CC(C4)CC3C5)cc21. The largest absolute Gasteiger partial charge is 0.461 e. The summed E-state index contributed by atoms with van der Waals surface area (Å²) in [6, 6.07) is 42.3. The van der Waals surface area contributed by atoms with E-state index in [1.165, 1.54) is 87.7 Å². The van der Waals surface area contributed by atoms with E-state index in [4.69, 9.17) is 4.74 Å². The van der Waals surface area contributed by atoms with Crippen LogP contribution in [0.25, 0.3) is 33.4 Å². The average Bonchev–Trinajstić information content (AvgIpc) is 3.59. The highest BCUT2D eigenvalue weighted by Gasteiger charge is 2.62. The number of hydrogen-bond donors (Lipinski definition) is 0. The van der Waals surface area contributed by atoms with Crippen LogP contribution in [-0.4, -0.2) is 0 Å². The second-order valence-corrected chi connectivity index (χ2v) is 16.5. The van der Waals surface area contributed by atoms with Gasteiger partial charge in [0, 0.05) is 23.0 Å². The minimum absolute atomic E-state index is 0.173. The minimum Gasteiger partial charge on any atom is -0.461 e. The highest BCUT2D eigenvalue weighted by molar-refractivity contribution is 5.96. The lowest BCUT2D eigenvalue weighted by atomic mass is 9.43. The van der Waals surface area contributed by atoms with Crippen LogP contribution in [0.2, 0.25) is 0 Å². The normalized spacial score (nSPS) is 31.7. The fraction of sp³-hybridized carbons (Fsp3) is 0.292. The van der Waals surface area contributed by atoms with Crippen molar-refractivity contribution in [2.45, 2.75) is 56.3 Å². The van der Waals surface area contributed by atoms with Gasteiger partial charge in [-0.05, 0) is 129 Å². The van der Waals surface area contributed by atoms with Crippen LogP contribution < -0.4 is 4.74 Å². The van der Waals surface area contributed by atoms with Crippen molar-refractivity contribution in [1.82, 2.24) is 0 Å². The Labute approximate surface area is 289 Å². The third kappa shape index (κ3) is 3.20. The molecule has 0 N–H and O–H groups in total. The van der Waals surface area contributed by atoms with E-state index in [1.807, 2.05) is 0 Å². The molecule has 2 atom stereocenters. The van der Waals surface area contributed by atoms with E-state index in [1.54, 1.807) is 11.1 Å². The zero-order valence-corrected chi connectivity index (χ0v) is 28.1. The molecule has 1 nitrogen and oxygen atoms in total. The molecule has 0 amide bonds. The van der Waals surface area contributed by atoms with E-state index in [0.717, 1.165) is 41.6 Å². The van der Waals surface area contributed by atoms with E-state index in [-0.39, 0.29) is 5.41 Å². The van der Waals surface area contributed by atoms with Gasteiger partial charge in [-0.25, -0.2) is 0 Å². The van der Waals surface area contributed by atoms with Crippen molar-refractivity contribution in [3.05, 3.63) is 160 Å². The molecule has 5 aromatic rings. The van der Waals surface area contributed by atoms with Crippen LogP contribution in [0, 0.1) is 29.6 Å². The van der Waals surface area contributed by atoms with Gasteiger partial charge in [0.05, 0.1) is 5.41 Å². The van der Waals surface area contributed by atoms with Gasteiger partial charge in [0.25, 0.3) is 0 Å². The number of rotatable bonds is 1. The molecule has 13 rings (SSSR count). The number of hydrogen-bond acceptors (Lipinski definition) is 1. The molecule has 0 aromatic heterocycles. The first-order chi connectivity index (χ1) is 24.2. The molecule has 49 heavy (non-hydrogen) atoms. The molecular weight excluding hydrogens is 593 g/mol. The Hall–Kier alpha value is -4.62. The Morgan fingerprint density at radius 2 is 1.22 bits per heavy atom. The van der Waals surface area contributed by atoms with Crippen molar-refractivity contribution in [3.8, 4) is 39.1 Å². The second kappa shape index (κ2) is 9.33. The predicted molar refractivity (Wildman–Crippen MR) is 197 cm³/mol. The van der Waals surface area contributed by atoms with E-state index < -0.39 is 5.41 Å². The highest BCUT2D eigenvalue weighted by Crippen LogP contribution is 2.70. The van der Waals surface area contributed by atoms with E-state index in [0.29, 0.717) is 5.92 Å². The maximum atomic E-state index is 6.78. The maximum Gasteiger partial charge on any atom is 0.131 e. The molecule has 4 fully saturated rings. The topological polar surface area (TPSA) is 9.23 Å². The summed E-state index contributed by atoms with van der Waals surface area (Å²) in [5, 5.41) is 0. The Morgan fingerprint density at radius 1 is 0.571 bits per heavy atom. The summed E-state index contributed by atoms with van der Waals surface area (Å²) in [6.07, 6.45) is 12.8. The molecule has 1 heteroatoms. The average molecular weight is 633 g/mol. The van der Waals surface area contributed by atoms with E-state index >= 15 is 0 Å². The van der Waals surface area contributed by atoms with Gasteiger partial charge in [-0.15, -0.1) is 0 Å². The maximum absolute atomic E-state index is 6.78. The number of benzene rings is 5. The van der Waals surface area contributed by atoms with Crippen LogP contribution in [0.4, 0.5) is 0 Å². The lowest BCUT2D eigenvalue weighted by molar-refractivity contribution is -0.0399. The summed E-state index contributed by atoms with van der Waals surface area (Å²) in [4.78, 5) is 0. The first-order valence-corrected chi connectivity index (χ1v) is 18.8. The smallest absolute Gasteiger partial charge is 0.131 e. The summed E-state index contributed by atoms with van der Waals surface area (Å²) >= 11 is 0. The monoisotopic (exact) mass is 632 g/mol. The van der Waals surface area contributed by atoms with Crippen molar-refractivity contribution in [1.29, 1.82) is 0 Å². The molecule has 8 aliphatic rings. The quantitative estimate of drug-likeness (QED) is 0.179. The lowest BCUT2D eigenvalue weighted by Crippen LogP contribution is -2.55. The van der Waals surface area contributed by atoms with E-state index in [2.05, 4.69) is 128 Å². The molecule has 4 saturated carbocycles. The minimum atomic E-state index is -0.415. The molecule has 0 radical (unpaired) electrons. The van der Waals surface area contributed by atoms with Crippen LogP contribution >= 0.6 is 0 Å². The highest BCUT2D eigenvalue weighted by atomic mass is 16.5. The lowest BCUT2D eigenvalue weighted by Gasteiger charge is -2.61. The van der Waals surface area contributed by atoms with Gasteiger partial charge < -0.3 is 4.74 Å². The van der Waals surface area contributed by atoms with Crippen LogP contribution in [-0.2, 0) is 10.8 Å². The fourth-order valence-corrected chi connectivity index (χ4v) is 12.9. The van der Waals surface area contributed by atoms with Crippen LogP contribution in [0.1, 0.15) is 73.3 Å². The van der Waals surface area contributed by atoms with Gasteiger partial charge in [-0.2, -0.15) is 0 Å². The molecule has 0 saturated heterocycles. The van der Waals surface area contributed by atoms with Crippen molar-refractivity contribution < 1.29 is 4.74 Å². The number of para-hydroxylation sites is 1. The summed E-state index contributed by atoms with van der Waals surface area (Å²) < 4.78 is 6.78. The standard InChI is InChI=1S/C48H40O/c1-28-17-20-41-45(21-28)49-44-16-7-6-14-40(44)48(41)38-12-4-2-9-35(38)36-19-18-31(27-43(36)48)34-11-8-15-42-46(34)37-10-3-5-13-39(37)47(42)32-23-29-22-30(25-32)26-33(47)24-29/h2-20,27-30,32-33H,21-26H2,1H3. The number of ether oxygens (including phenoxy) is 1. The third-order valence-corrected chi connectivity index (χ3v) is 14.3. The molecule has 2 spiro atoms. The van der Waals surface area contributed by atoms with Gasteiger partial charge in [0.1, 0.15) is 11.5 Å². The Kier molecular flexibility index (Phi) is 5.19. The Bertz CT molecular complexity index is 2310. The van der Waals surface area contributed by atoms with Gasteiger partial charge >= 0.3 is 0 Å². The number of allylic oxidation sites excluding steroid dienone is 4. The van der Waals surface area contributed by atoms with Crippen molar-refractivity contribution >= 4 is 0 Å². The first kappa shape index (κ1) is 27.2. The van der Waals surface area contributed by atoms with Gasteiger partial charge in [-0.1, -0.05) is 116 Å². The first-order valence-electron chi connectivity index (χ1n) is 18.8. The summed E-state index contributed by atoms with van der Waals surface area (Å²) in [7, 11) is 0. The van der Waals surface area contributed by atoms with Gasteiger partial charge in [0.15, 0.2) is 0 Å². The summed E-state index contributed by atoms with van der Waals surface area (Å²) in [6.45, 7) is 2.30. The fourth-order valence-electron chi connectivity index (χ4n) is 12.9. The predicted octanol–water partition coefficient (Wildman–Crippen LogP) is 11.6. The Balaban J connectivity index is 1.13. The molecule has 1 heterocycles. The molecule has 1 aliphatic heterocycles. The summed E-state index contributed by atoms with van der Waals surface area (Å²) in [5.41, 5.74) is 16.8. The molecule has 238 valence electrons. The molecule has 4 bridgehead atoms. The van der Waals surface area contributed by atoms with Gasteiger partial charge in [-0.3, -0.25) is 0 Å². The van der Waals surface area contributed by atoms with Crippen molar-refractivity contribution in [3.63, 3.8) is 0 Å². The third-order valence-electron chi connectivity index (χ3n) is 14.3. The number of fused-ring (bicyclic) bond motifs is 11. The van der Waals surface area contributed by atoms with Crippen LogP contribution in [0.3, 0.4) is 0 Å². The molecular formula is C48H40O. The molecule has 5 aromatic carbocycles. The summed E-state index contributed by atoms with van der Waals surface area (Å²) in [5.74, 6) is 6.00. The molecule has 7 aliphatic carbocycles. The van der Waals surface area contributed by atoms with Crippen LogP contribution in [0.15, 0.2) is 133 Å². The van der Waals surface area contributed by atoms with E-state index in [9.17, 15) is 0 Å². The van der Waals surface area contributed by atoms with Crippen molar-refractivity contribution in [2.75, 3.05) is 0 Å². The zero-order chi connectivity index (χ0) is 32.1. The second-order valence-electron chi connectivity index (χ2n) is 16.5. The Morgan fingerprint density at radius 3 is 2.04 bits per heavy atom.